The standard InChI is InChI=1S/C20H24N4O3/c25-20(16-5-6-21-19(15-16)24-9-13-27-14-10-24)22-17-1-3-18(4-2-17)23-7-11-26-12-8-23/h1-6,15H,7-14H2,(H,22,25). The number of hydrogen-bond donors (Lipinski definition) is 1. The number of amides is 1. The summed E-state index contributed by atoms with van der Waals surface area (Å²) in [6.45, 7) is 6.27. The number of pyridine rings is 1. The van der Waals surface area contributed by atoms with Crippen LogP contribution in [-0.4, -0.2) is 63.5 Å². The number of rotatable bonds is 4. The first kappa shape index (κ1) is 17.8. The first-order valence-corrected chi connectivity index (χ1v) is 9.32. The summed E-state index contributed by atoms with van der Waals surface area (Å²) >= 11 is 0. The third-order valence-corrected chi connectivity index (χ3v) is 4.84. The molecule has 1 N–H and O–H groups in total. The third kappa shape index (κ3) is 4.37. The topological polar surface area (TPSA) is 66.9 Å². The average Bonchev–Trinajstić information content (AvgIpc) is 2.75. The fraction of sp³-hybridized carbons (Fsp3) is 0.400. The second-order valence-corrected chi connectivity index (χ2v) is 6.60. The molecule has 142 valence electrons. The van der Waals surface area contributed by atoms with Crippen LogP contribution in [0.5, 0.6) is 0 Å². The van der Waals surface area contributed by atoms with Gasteiger partial charge < -0.3 is 24.6 Å². The van der Waals surface area contributed by atoms with Crippen molar-refractivity contribution in [3.63, 3.8) is 0 Å². The highest BCUT2D eigenvalue weighted by molar-refractivity contribution is 6.04. The zero-order valence-electron chi connectivity index (χ0n) is 15.3. The molecule has 1 amide bonds. The van der Waals surface area contributed by atoms with Gasteiger partial charge in [-0.1, -0.05) is 0 Å². The Morgan fingerprint density at radius 1 is 0.889 bits per heavy atom. The molecule has 3 heterocycles. The minimum Gasteiger partial charge on any atom is -0.378 e. The van der Waals surface area contributed by atoms with Crippen LogP contribution in [0.2, 0.25) is 0 Å². The van der Waals surface area contributed by atoms with Crippen LogP contribution in [0.4, 0.5) is 17.2 Å². The van der Waals surface area contributed by atoms with Crippen molar-refractivity contribution in [3.8, 4) is 0 Å². The third-order valence-electron chi connectivity index (χ3n) is 4.84. The molecule has 0 atom stereocenters. The molecule has 0 unspecified atom stereocenters. The highest BCUT2D eigenvalue weighted by Gasteiger charge is 2.15. The van der Waals surface area contributed by atoms with Crippen LogP contribution in [0.1, 0.15) is 10.4 Å². The van der Waals surface area contributed by atoms with Crippen LogP contribution < -0.4 is 15.1 Å². The van der Waals surface area contributed by atoms with E-state index in [-0.39, 0.29) is 5.91 Å². The Morgan fingerprint density at radius 3 is 2.19 bits per heavy atom. The van der Waals surface area contributed by atoms with Gasteiger partial charge in [0, 0.05) is 49.3 Å². The number of benzene rings is 1. The molecular formula is C20H24N4O3. The zero-order chi connectivity index (χ0) is 18.5. The van der Waals surface area contributed by atoms with Crippen molar-refractivity contribution in [2.45, 2.75) is 0 Å². The summed E-state index contributed by atoms with van der Waals surface area (Å²) < 4.78 is 10.8. The Hall–Kier alpha value is -2.64. The molecule has 0 radical (unpaired) electrons. The Balaban J connectivity index is 1.41. The van der Waals surface area contributed by atoms with Gasteiger partial charge in [-0.3, -0.25) is 4.79 Å². The molecule has 7 heteroatoms. The number of aromatic nitrogens is 1. The number of ether oxygens (including phenoxy) is 2. The summed E-state index contributed by atoms with van der Waals surface area (Å²) in [4.78, 5) is 21.4. The molecule has 27 heavy (non-hydrogen) atoms. The van der Waals surface area contributed by atoms with E-state index in [9.17, 15) is 4.79 Å². The second-order valence-electron chi connectivity index (χ2n) is 6.60. The lowest BCUT2D eigenvalue weighted by Gasteiger charge is -2.29. The van der Waals surface area contributed by atoms with Crippen molar-refractivity contribution in [3.05, 3.63) is 48.2 Å². The minimum atomic E-state index is -0.133. The van der Waals surface area contributed by atoms with E-state index in [0.717, 1.165) is 56.6 Å². The minimum absolute atomic E-state index is 0.133. The smallest absolute Gasteiger partial charge is 0.255 e. The Labute approximate surface area is 158 Å². The SMILES string of the molecule is O=C(Nc1ccc(N2CCOCC2)cc1)c1ccnc(N2CCOCC2)c1. The predicted molar refractivity (Wildman–Crippen MR) is 105 cm³/mol. The fourth-order valence-electron chi connectivity index (χ4n) is 3.31. The molecule has 0 saturated carbocycles. The summed E-state index contributed by atoms with van der Waals surface area (Å²) in [6, 6.07) is 11.5. The van der Waals surface area contributed by atoms with Gasteiger partial charge in [-0.15, -0.1) is 0 Å². The fourth-order valence-corrected chi connectivity index (χ4v) is 3.31. The summed E-state index contributed by atoms with van der Waals surface area (Å²) in [6.07, 6.45) is 1.68. The number of carbonyl (C=O) groups excluding carboxylic acids is 1. The maximum absolute atomic E-state index is 12.6. The molecule has 0 bridgehead atoms. The quantitative estimate of drug-likeness (QED) is 0.891. The van der Waals surface area contributed by atoms with Crippen LogP contribution in [0.3, 0.4) is 0 Å². The molecular weight excluding hydrogens is 344 g/mol. The summed E-state index contributed by atoms with van der Waals surface area (Å²) in [5.74, 6) is 0.680. The predicted octanol–water partition coefficient (Wildman–Crippen LogP) is 2.01. The second kappa shape index (κ2) is 8.37. The van der Waals surface area contributed by atoms with Crippen molar-refractivity contribution in [2.75, 3.05) is 67.7 Å². The summed E-state index contributed by atoms with van der Waals surface area (Å²) in [5, 5.41) is 2.97. The van der Waals surface area contributed by atoms with Crippen LogP contribution in [0.15, 0.2) is 42.6 Å². The highest BCUT2D eigenvalue weighted by atomic mass is 16.5. The van der Waals surface area contributed by atoms with E-state index in [1.807, 2.05) is 30.3 Å². The number of morpholine rings is 2. The maximum atomic E-state index is 12.6. The van der Waals surface area contributed by atoms with Crippen molar-refractivity contribution >= 4 is 23.1 Å². The van der Waals surface area contributed by atoms with E-state index in [1.165, 1.54) is 0 Å². The van der Waals surface area contributed by atoms with E-state index in [0.29, 0.717) is 18.8 Å². The van der Waals surface area contributed by atoms with Crippen LogP contribution in [0.25, 0.3) is 0 Å². The number of nitrogens with zero attached hydrogens (tertiary/aromatic N) is 3. The van der Waals surface area contributed by atoms with Crippen LogP contribution in [0, 0.1) is 0 Å². The Kier molecular flexibility index (Phi) is 5.50. The van der Waals surface area contributed by atoms with Gasteiger partial charge in [-0.25, -0.2) is 4.98 Å². The molecule has 2 aliphatic rings. The average molecular weight is 368 g/mol. The van der Waals surface area contributed by atoms with Gasteiger partial charge in [0.15, 0.2) is 0 Å². The first-order valence-electron chi connectivity index (χ1n) is 9.32. The Bertz CT molecular complexity index is 769. The van der Waals surface area contributed by atoms with Crippen molar-refractivity contribution in [1.29, 1.82) is 0 Å². The first-order chi connectivity index (χ1) is 13.3. The number of anilines is 3. The van der Waals surface area contributed by atoms with Gasteiger partial charge in [0.2, 0.25) is 0 Å². The van der Waals surface area contributed by atoms with Crippen molar-refractivity contribution < 1.29 is 14.3 Å². The maximum Gasteiger partial charge on any atom is 0.255 e. The highest BCUT2D eigenvalue weighted by Crippen LogP contribution is 2.20. The molecule has 0 spiro atoms. The molecule has 2 saturated heterocycles. The largest absolute Gasteiger partial charge is 0.378 e. The van der Waals surface area contributed by atoms with Gasteiger partial charge in [0.05, 0.1) is 26.4 Å². The van der Waals surface area contributed by atoms with Crippen LogP contribution >= 0.6 is 0 Å². The molecule has 1 aromatic heterocycles. The van der Waals surface area contributed by atoms with Crippen LogP contribution in [-0.2, 0) is 9.47 Å². The normalized spacial score (nSPS) is 17.6. The summed E-state index contributed by atoms with van der Waals surface area (Å²) in [7, 11) is 0. The molecule has 2 aromatic rings. The van der Waals surface area contributed by atoms with E-state index in [4.69, 9.17) is 9.47 Å². The lowest BCUT2D eigenvalue weighted by molar-refractivity contribution is 0.102. The molecule has 2 aliphatic heterocycles. The van der Waals surface area contributed by atoms with Gasteiger partial charge >= 0.3 is 0 Å². The molecule has 7 nitrogen and oxygen atoms in total. The lowest BCUT2D eigenvalue weighted by Crippen LogP contribution is -2.36. The van der Waals surface area contributed by atoms with E-state index in [1.54, 1.807) is 12.3 Å². The number of nitrogens with one attached hydrogen (secondary N) is 1. The van der Waals surface area contributed by atoms with E-state index in [2.05, 4.69) is 20.1 Å². The van der Waals surface area contributed by atoms with Gasteiger partial charge in [-0.05, 0) is 36.4 Å². The van der Waals surface area contributed by atoms with Gasteiger partial charge in [0.1, 0.15) is 5.82 Å². The molecule has 2 fully saturated rings. The zero-order valence-corrected chi connectivity index (χ0v) is 15.3. The van der Waals surface area contributed by atoms with E-state index >= 15 is 0 Å². The number of hydrogen-bond acceptors (Lipinski definition) is 6. The van der Waals surface area contributed by atoms with Gasteiger partial charge in [-0.2, -0.15) is 0 Å². The van der Waals surface area contributed by atoms with Gasteiger partial charge in [0.25, 0.3) is 5.91 Å². The Morgan fingerprint density at radius 2 is 1.52 bits per heavy atom. The number of carbonyl (C=O) groups is 1. The van der Waals surface area contributed by atoms with E-state index < -0.39 is 0 Å². The summed E-state index contributed by atoms with van der Waals surface area (Å²) in [5.41, 5.74) is 2.53. The lowest BCUT2D eigenvalue weighted by atomic mass is 10.2. The molecule has 4 rings (SSSR count). The molecule has 1 aromatic carbocycles. The van der Waals surface area contributed by atoms with Crippen molar-refractivity contribution in [1.82, 2.24) is 4.98 Å². The van der Waals surface area contributed by atoms with Crippen molar-refractivity contribution in [2.24, 2.45) is 0 Å². The monoisotopic (exact) mass is 368 g/mol. The molecule has 0 aliphatic carbocycles.